The number of hydrogen-bond donors (Lipinski definition) is 1. The smallest absolute Gasteiger partial charge is 0.223 e. The predicted octanol–water partition coefficient (Wildman–Crippen LogP) is 5.84. The minimum absolute atomic E-state index is 0.0565. The van der Waals surface area contributed by atoms with E-state index in [0.29, 0.717) is 12.5 Å². The first-order chi connectivity index (χ1) is 17.5. The standard InChI is InChI=1S/C31H36N4O/c1-22-13-14-23(2)27(19-22)21-35-29-12-8-7-11-28(29)33-31(35)34-17-15-26(16-18-34)30(36)32-20-24(3)25-9-5-4-6-10-25/h4-14,19,24,26H,15-18,20-21H2,1-3H3,(H,32,36)/t24-/m1/s1. The lowest BCUT2D eigenvalue weighted by Gasteiger charge is -2.32. The van der Waals surface area contributed by atoms with Crippen molar-refractivity contribution < 1.29 is 4.79 Å². The maximum Gasteiger partial charge on any atom is 0.223 e. The third-order valence-corrected chi connectivity index (χ3v) is 7.57. The second-order valence-corrected chi connectivity index (χ2v) is 10.2. The van der Waals surface area contributed by atoms with Gasteiger partial charge in [-0.05, 0) is 61.4 Å². The summed E-state index contributed by atoms with van der Waals surface area (Å²) in [5.74, 6) is 1.55. The first kappa shape index (κ1) is 24.1. The van der Waals surface area contributed by atoms with E-state index in [1.807, 2.05) is 12.1 Å². The number of para-hydroxylation sites is 2. The third-order valence-electron chi connectivity index (χ3n) is 7.57. The third kappa shape index (κ3) is 5.15. The van der Waals surface area contributed by atoms with Crippen molar-refractivity contribution in [2.45, 2.75) is 46.1 Å². The number of rotatable bonds is 7. The molecule has 0 aliphatic carbocycles. The van der Waals surface area contributed by atoms with Crippen LogP contribution in [-0.4, -0.2) is 35.1 Å². The molecule has 186 valence electrons. The summed E-state index contributed by atoms with van der Waals surface area (Å²) >= 11 is 0. The highest BCUT2D eigenvalue weighted by atomic mass is 16.1. The number of amides is 1. The van der Waals surface area contributed by atoms with Gasteiger partial charge in [0.1, 0.15) is 0 Å². The van der Waals surface area contributed by atoms with Crippen molar-refractivity contribution in [3.8, 4) is 0 Å². The van der Waals surface area contributed by atoms with E-state index < -0.39 is 0 Å². The van der Waals surface area contributed by atoms with Gasteiger partial charge in [0.2, 0.25) is 11.9 Å². The molecule has 2 heterocycles. The number of benzene rings is 3. The van der Waals surface area contributed by atoms with E-state index in [2.05, 4.69) is 96.2 Å². The Kier molecular flexibility index (Phi) is 7.08. The Morgan fingerprint density at radius 1 is 1.00 bits per heavy atom. The van der Waals surface area contributed by atoms with Gasteiger partial charge in [-0.1, -0.05) is 73.2 Å². The Hall–Kier alpha value is -3.60. The molecule has 1 aromatic heterocycles. The van der Waals surface area contributed by atoms with Crippen LogP contribution in [0.5, 0.6) is 0 Å². The zero-order valence-corrected chi connectivity index (χ0v) is 21.6. The van der Waals surface area contributed by atoms with Crippen molar-refractivity contribution in [3.63, 3.8) is 0 Å². The SMILES string of the molecule is Cc1ccc(C)c(Cn2c(N3CCC(C(=O)NC[C@@H](C)c4ccccc4)CC3)nc3ccccc32)c1. The van der Waals surface area contributed by atoms with Gasteiger partial charge in [0.05, 0.1) is 17.6 Å². The van der Waals surface area contributed by atoms with Gasteiger partial charge in [0, 0.05) is 25.6 Å². The highest BCUT2D eigenvalue weighted by Crippen LogP contribution is 2.29. The number of nitrogens with zero attached hydrogens (tertiary/aromatic N) is 3. The van der Waals surface area contributed by atoms with Gasteiger partial charge in [0.15, 0.2) is 0 Å². The van der Waals surface area contributed by atoms with Gasteiger partial charge >= 0.3 is 0 Å². The molecule has 3 aromatic carbocycles. The molecule has 1 aliphatic heterocycles. The minimum atomic E-state index is 0.0565. The quantitative estimate of drug-likeness (QED) is 0.362. The molecule has 0 spiro atoms. The molecule has 1 fully saturated rings. The average Bonchev–Trinajstić information content (AvgIpc) is 3.28. The predicted molar refractivity (Wildman–Crippen MR) is 148 cm³/mol. The van der Waals surface area contributed by atoms with Crippen molar-refractivity contribution in [3.05, 3.63) is 95.1 Å². The zero-order valence-electron chi connectivity index (χ0n) is 21.6. The maximum atomic E-state index is 12.9. The van der Waals surface area contributed by atoms with Gasteiger partial charge in [-0.25, -0.2) is 4.98 Å². The van der Waals surface area contributed by atoms with E-state index in [4.69, 9.17) is 4.98 Å². The summed E-state index contributed by atoms with van der Waals surface area (Å²) in [5.41, 5.74) is 7.33. The fourth-order valence-corrected chi connectivity index (χ4v) is 5.24. The van der Waals surface area contributed by atoms with Crippen molar-refractivity contribution in [1.82, 2.24) is 14.9 Å². The Bertz CT molecular complexity index is 1340. The molecule has 1 aliphatic rings. The largest absolute Gasteiger partial charge is 0.355 e. The first-order valence-corrected chi connectivity index (χ1v) is 13.1. The van der Waals surface area contributed by atoms with E-state index in [9.17, 15) is 4.79 Å². The minimum Gasteiger partial charge on any atom is -0.355 e. The number of aryl methyl sites for hydroxylation is 2. The average molecular weight is 481 g/mol. The van der Waals surface area contributed by atoms with Crippen LogP contribution in [0.25, 0.3) is 11.0 Å². The van der Waals surface area contributed by atoms with Crippen LogP contribution < -0.4 is 10.2 Å². The number of carbonyl (C=O) groups is 1. The fourth-order valence-electron chi connectivity index (χ4n) is 5.24. The summed E-state index contributed by atoms with van der Waals surface area (Å²) in [7, 11) is 0. The maximum absolute atomic E-state index is 12.9. The normalized spacial score (nSPS) is 15.2. The molecule has 1 atom stereocenters. The van der Waals surface area contributed by atoms with Crippen molar-refractivity contribution in [2.24, 2.45) is 5.92 Å². The molecule has 1 amide bonds. The Balaban J connectivity index is 1.27. The number of carbonyl (C=O) groups excluding carboxylic acids is 1. The van der Waals surface area contributed by atoms with Gasteiger partial charge in [-0.3, -0.25) is 4.79 Å². The van der Waals surface area contributed by atoms with Crippen LogP contribution in [-0.2, 0) is 11.3 Å². The van der Waals surface area contributed by atoms with E-state index in [1.165, 1.54) is 22.3 Å². The number of piperidine rings is 1. The fraction of sp³-hybridized carbons (Fsp3) is 0.355. The molecular weight excluding hydrogens is 444 g/mol. The molecule has 5 heteroatoms. The lowest BCUT2D eigenvalue weighted by atomic mass is 9.95. The topological polar surface area (TPSA) is 50.2 Å². The van der Waals surface area contributed by atoms with Crippen LogP contribution in [0.3, 0.4) is 0 Å². The summed E-state index contributed by atoms with van der Waals surface area (Å²) in [5, 5.41) is 3.20. The molecule has 1 N–H and O–H groups in total. The van der Waals surface area contributed by atoms with Gasteiger partial charge in [-0.15, -0.1) is 0 Å². The van der Waals surface area contributed by atoms with Crippen molar-refractivity contribution in [1.29, 1.82) is 0 Å². The van der Waals surface area contributed by atoms with Crippen molar-refractivity contribution in [2.75, 3.05) is 24.5 Å². The molecule has 0 radical (unpaired) electrons. The van der Waals surface area contributed by atoms with E-state index in [1.54, 1.807) is 0 Å². The van der Waals surface area contributed by atoms with Gasteiger partial charge < -0.3 is 14.8 Å². The van der Waals surface area contributed by atoms with E-state index in [0.717, 1.165) is 49.5 Å². The molecule has 1 saturated heterocycles. The highest BCUT2D eigenvalue weighted by molar-refractivity contribution is 5.80. The molecule has 36 heavy (non-hydrogen) atoms. The first-order valence-electron chi connectivity index (χ1n) is 13.1. The lowest BCUT2D eigenvalue weighted by Crippen LogP contribution is -2.42. The summed E-state index contributed by atoms with van der Waals surface area (Å²) in [6.07, 6.45) is 1.69. The molecular formula is C31H36N4O. The van der Waals surface area contributed by atoms with Crippen LogP contribution in [0.2, 0.25) is 0 Å². The number of anilines is 1. The monoisotopic (exact) mass is 480 g/mol. The number of imidazole rings is 1. The van der Waals surface area contributed by atoms with E-state index in [-0.39, 0.29) is 11.8 Å². The van der Waals surface area contributed by atoms with Gasteiger partial charge in [-0.2, -0.15) is 0 Å². The molecule has 0 bridgehead atoms. The van der Waals surface area contributed by atoms with Crippen LogP contribution in [0.15, 0.2) is 72.8 Å². The van der Waals surface area contributed by atoms with Crippen LogP contribution in [0.4, 0.5) is 5.95 Å². The molecule has 4 aromatic rings. The molecule has 5 nitrogen and oxygen atoms in total. The summed E-state index contributed by atoms with van der Waals surface area (Å²) < 4.78 is 2.35. The number of fused-ring (bicyclic) bond motifs is 1. The Morgan fingerprint density at radius 2 is 1.72 bits per heavy atom. The number of nitrogens with one attached hydrogen (secondary N) is 1. The Labute approximate surface area is 214 Å². The summed E-state index contributed by atoms with van der Waals surface area (Å²) in [6.45, 7) is 9.63. The molecule has 0 saturated carbocycles. The number of hydrogen-bond acceptors (Lipinski definition) is 3. The summed E-state index contributed by atoms with van der Waals surface area (Å²) in [4.78, 5) is 20.3. The zero-order chi connectivity index (χ0) is 25.1. The number of aromatic nitrogens is 2. The second kappa shape index (κ2) is 10.6. The van der Waals surface area contributed by atoms with Crippen LogP contribution >= 0.6 is 0 Å². The summed E-state index contributed by atoms with van der Waals surface area (Å²) in [6, 6.07) is 25.4. The van der Waals surface area contributed by atoms with Crippen LogP contribution in [0.1, 0.15) is 47.9 Å². The van der Waals surface area contributed by atoms with Crippen LogP contribution in [0, 0.1) is 19.8 Å². The molecule has 0 unspecified atom stereocenters. The Morgan fingerprint density at radius 3 is 2.50 bits per heavy atom. The lowest BCUT2D eigenvalue weighted by molar-refractivity contribution is -0.125. The molecule has 5 rings (SSSR count). The highest BCUT2D eigenvalue weighted by Gasteiger charge is 2.28. The van der Waals surface area contributed by atoms with Gasteiger partial charge in [0.25, 0.3) is 0 Å². The van der Waals surface area contributed by atoms with E-state index >= 15 is 0 Å². The second-order valence-electron chi connectivity index (χ2n) is 10.2. The van der Waals surface area contributed by atoms with Crippen molar-refractivity contribution >= 4 is 22.9 Å².